The molecule has 0 aromatic carbocycles. The molecule has 0 saturated heterocycles. The number of carbonyl (C=O) groups is 1. The quantitative estimate of drug-likeness (QED) is 0.818. The Morgan fingerprint density at radius 1 is 1.40 bits per heavy atom. The molecule has 0 spiro atoms. The topological polar surface area (TPSA) is 67.2 Å². The Kier molecular flexibility index (Phi) is 6.21. The third-order valence-corrected chi connectivity index (χ3v) is 3.18. The van der Waals surface area contributed by atoms with Crippen LogP contribution in [0.2, 0.25) is 0 Å². The second-order valence-corrected chi connectivity index (χ2v) is 4.65. The van der Waals surface area contributed by atoms with Crippen molar-refractivity contribution in [1.29, 1.82) is 0 Å². The minimum Gasteiger partial charge on any atom is -0.354 e. The fraction of sp³-hybridized carbons (Fsp3) is 0.643. The molecule has 20 heavy (non-hydrogen) atoms. The Hall–Kier alpha value is -1.85. The standard InChI is InChI=1S/C14H24N4O2/c1-5-9-18-10-8-15-12(14(18)20)16-11(4)13(19)17(6-2)7-3/h8,10-11H,5-7,9H2,1-4H3,(H,15,16). The molecule has 1 heterocycles. The van der Waals surface area contributed by atoms with Crippen molar-refractivity contribution in [1.82, 2.24) is 14.5 Å². The summed E-state index contributed by atoms with van der Waals surface area (Å²) in [5.74, 6) is 0.205. The van der Waals surface area contributed by atoms with Crippen molar-refractivity contribution in [2.75, 3.05) is 18.4 Å². The molecule has 0 radical (unpaired) electrons. The van der Waals surface area contributed by atoms with Crippen LogP contribution in [-0.4, -0.2) is 39.5 Å². The molecule has 0 aliphatic carbocycles. The van der Waals surface area contributed by atoms with Gasteiger partial charge in [-0.1, -0.05) is 6.92 Å². The number of anilines is 1. The van der Waals surface area contributed by atoms with Crippen LogP contribution in [0.5, 0.6) is 0 Å². The average Bonchev–Trinajstić information content (AvgIpc) is 2.44. The molecule has 1 unspecified atom stereocenters. The molecule has 1 aromatic rings. The molecule has 0 fully saturated rings. The monoisotopic (exact) mass is 280 g/mol. The number of nitrogens with one attached hydrogen (secondary N) is 1. The number of rotatable bonds is 7. The van der Waals surface area contributed by atoms with Crippen LogP contribution in [-0.2, 0) is 11.3 Å². The predicted molar refractivity (Wildman–Crippen MR) is 79.8 cm³/mol. The van der Waals surface area contributed by atoms with Crippen LogP contribution in [0.1, 0.15) is 34.1 Å². The van der Waals surface area contributed by atoms with Crippen molar-refractivity contribution in [3.63, 3.8) is 0 Å². The molecule has 112 valence electrons. The Morgan fingerprint density at radius 2 is 2.05 bits per heavy atom. The summed E-state index contributed by atoms with van der Waals surface area (Å²) >= 11 is 0. The summed E-state index contributed by atoms with van der Waals surface area (Å²) in [6.45, 7) is 9.58. The zero-order valence-corrected chi connectivity index (χ0v) is 12.7. The molecule has 0 saturated carbocycles. The molecule has 0 bridgehead atoms. The third-order valence-electron chi connectivity index (χ3n) is 3.18. The van der Waals surface area contributed by atoms with E-state index in [9.17, 15) is 9.59 Å². The number of carbonyl (C=O) groups excluding carboxylic acids is 1. The summed E-state index contributed by atoms with van der Waals surface area (Å²) in [6, 6.07) is -0.465. The van der Waals surface area contributed by atoms with Gasteiger partial charge in [0.25, 0.3) is 5.56 Å². The minimum atomic E-state index is -0.465. The van der Waals surface area contributed by atoms with E-state index in [-0.39, 0.29) is 17.3 Å². The maximum atomic E-state index is 12.2. The van der Waals surface area contributed by atoms with Crippen LogP contribution >= 0.6 is 0 Å². The van der Waals surface area contributed by atoms with Crippen molar-refractivity contribution in [3.05, 3.63) is 22.7 Å². The Bertz CT molecular complexity index is 494. The van der Waals surface area contributed by atoms with E-state index in [1.807, 2.05) is 20.8 Å². The van der Waals surface area contributed by atoms with Crippen LogP contribution in [0.4, 0.5) is 5.82 Å². The highest BCUT2D eigenvalue weighted by atomic mass is 16.2. The molecule has 1 aromatic heterocycles. The first-order valence-electron chi connectivity index (χ1n) is 7.15. The van der Waals surface area contributed by atoms with Crippen molar-refractivity contribution in [3.8, 4) is 0 Å². The summed E-state index contributed by atoms with van der Waals surface area (Å²) in [6.07, 6.45) is 4.11. The van der Waals surface area contributed by atoms with E-state index in [2.05, 4.69) is 10.3 Å². The van der Waals surface area contributed by atoms with Gasteiger partial charge in [-0.05, 0) is 27.2 Å². The highest BCUT2D eigenvalue weighted by Crippen LogP contribution is 2.02. The molecule has 1 rings (SSSR count). The highest BCUT2D eigenvalue weighted by Gasteiger charge is 2.19. The lowest BCUT2D eigenvalue weighted by atomic mass is 10.3. The minimum absolute atomic E-state index is 0.0258. The fourth-order valence-corrected chi connectivity index (χ4v) is 2.04. The van der Waals surface area contributed by atoms with Gasteiger partial charge in [0, 0.05) is 32.0 Å². The smallest absolute Gasteiger partial charge is 0.293 e. The van der Waals surface area contributed by atoms with Crippen LogP contribution < -0.4 is 10.9 Å². The van der Waals surface area contributed by atoms with Gasteiger partial charge in [-0.15, -0.1) is 0 Å². The number of likely N-dealkylation sites (N-methyl/N-ethyl adjacent to an activating group) is 1. The van der Waals surface area contributed by atoms with Gasteiger partial charge in [0.2, 0.25) is 5.91 Å². The van der Waals surface area contributed by atoms with Gasteiger partial charge in [-0.2, -0.15) is 0 Å². The lowest BCUT2D eigenvalue weighted by molar-refractivity contribution is -0.131. The Morgan fingerprint density at radius 3 is 2.60 bits per heavy atom. The van der Waals surface area contributed by atoms with Crippen LogP contribution in [0.15, 0.2) is 17.2 Å². The fourth-order valence-electron chi connectivity index (χ4n) is 2.04. The summed E-state index contributed by atoms with van der Waals surface area (Å²) in [7, 11) is 0. The Labute approximate surface area is 119 Å². The number of hydrogen-bond acceptors (Lipinski definition) is 4. The number of hydrogen-bond donors (Lipinski definition) is 1. The van der Waals surface area contributed by atoms with Gasteiger partial charge in [-0.3, -0.25) is 9.59 Å². The third kappa shape index (κ3) is 3.82. The maximum Gasteiger partial charge on any atom is 0.293 e. The van der Waals surface area contributed by atoms with Gasteiger partial charge in [0.1, 0.15) is 6.04 Å². The van der Waals surface area contributed by atoms with Gasteiger partial charge in [-0.25, -0.2) is 4.98 Å². The Balaban J connectivity index is 2.85. The van der Waals surface area contributed by atoms with Gasteiger partial charge in [0.05, 0.1) is 0 Å². The van der Waals surface area contributed by atoms with Crippen molar-refractivity contribution in [2.24, 2.45) is 0 Å². The summed E-state index contributed by atoms with van der Waals surface area (Å²) < 4.78 is 1.60. The second kappa shape index (κ2) is 7.67. The van der Waals surface area contributed by atoms with Crippen molar-refractivity contribution >= 4 is 11.7 Å². The van der Waals surface area contributed by atoms with Gasteiger partial charge < -0.3 is 14.8 Å². The average molecular weight is 280 g/mol. The number of aryl methyl sites for hydroxylation is 1. The molecule has 6 nitrogen and oxygen atoms in total. The molecule has 1 amide bonds. The molecular weight excluding hydrogens is 256 g/mol. The second-order valence-electron chi connectivity index (χ2n) is 4.65. The molecule has 1 N–H and O–H groups in total. The zero-order valence-electron chi connectivity index (χ0n) is 12.7. The van der Waals surface area contributed by atoms with Crippen molar-refractivity contribution < 1.29 is 4.79 Å². The van der Waals surface area contributed by atoms with E-state index in [1.165, 1.54) is 0 Å². The highest BCUT2D eigenvalue weighted by molar-refractivity contribution is 5.83. The molecule has 1 atom stereocenters. The summed E-state index contributed by atoms with van der Waals surface area (Å²) in [5, 5.41) is 2.92. The van der Waals surface area contributed by atoms with E-state index >= 15 is 0 Å². The van der Waals surface area contributed by atoms with E-state index in [4.69, 9.17) is 0 Å². The number of amides is 1. The van der Waals surface area contributed by atoms with E-state index in [0.29, 0.717) is 19.6 Å². The van der Waals surface area contributed by atoms with Crippen LogP contribution in [0.25, 0.3) is 0 Å². The summed E-state index contributed by atoms with van der Waals surface area (Å²) in [4.78, 5) is 30.1. The van der Waals surface area contributed by atoms with E-state index < -0.39 is 6.04 Å². The van der Waals surface area contributed by atoms with Crippen LogP contribution in [0, 0.1) is 0 Å². The number of nitrogens with zero attached hydrogens (tertiary/aromatic N) is 3. The van der Waals surface area contributed by atoms with Gasteiger partial charge in [0.15, 0.2) is 5.82 Å². The predicted octanol–water partition coefficient (Wildman–Crippen LogP) is 1.32. The maximum absolute atomic E-state index is 12.2. The van der Waals surface area contributed by atoms with Gasteiger partial charge >= 0.3 is 0 Å². The van der Waals surface area contributed by atoms with Crippen molar-refractivity contribution in [2.45, 2.75) is 46.7 Å². The van der Waals surface area contributed by atoms with E-state index in [0.717, 1.165) is 6.42 Å². The molecule has 6 heteroatoms. The summed E-state index contributed by atoms with van der Waals surface area (Å²) in [5.41, 5.74) is -0.187. The number of aromatic nitrogens is 2. The molecule has 0 aliphatic rings. The lowest BCUT2D eigenvalue weighted by Gasteiger charge is -2.23. The van der Waals surface area contributed by atoms with Crippen LogP contribution in [0.3, 0.4) is 0 Å². The largest absolute Gasteiger partial charge is 0.354 e. The lowest BCUT2D eigenvalue weighted by Crippen LogP contribution is -2.42. The molecular formula is C14H24N4O2. The molecule has 0 aliphatic heterocycles. The first-order chi connectivity index (χ1) is 9.54. The normalized spacial score (nSPS) is 12.0. The zero-order chi connectivity index (χ0) is 15.1. The van der Waals surface area contributed by atoms with E-state index in [1.54, 1.807) is 28.8 Å². The SMILES string of the molecule is CCCn1ccnc(NC(C)C(=O)N(CC)CC)c1=O. The first kappa shape index (κ1) is 16.2. The first-order valence-corrected chi connectivity index (χ1v) is 7.15.